The highest BCUT2D eigenvalue weighted by molar-refractivity contribution is 6.13. The van der Waals surface area contributed by atoms with Crippen molar-refractivity contribution in [1.82, 2.24) is 0 Å². The van der Waals surface area contributed by atoms with Crippen LogP contribution in [-0.4, -0.2) is 11.7 Å². The number of hydrogen-bond donors (Lipinski definition) is 2. The molecule has 0 bridgehead atoms. The fourth-order valence-electron chi connectivity index (χ4n) is 3.23. The van der Waals surface area contributed by atoms with Crippen LogP contribution in [0.4, 0.5) is 5.69 Å². The number of anilines is 1. The lowest BCUT2D eigenvalue weighted by atomic mass is 9.91. The summed E-state index contributed by atoms with van der Waals surface area (Å²) in [5, 5.41) is 18.2. The quantitative estimate of drug-likeness (QED) is 0.584. The molecule has 3 aromatic rings. The average Bonchev–Trinajstić information content (AvgIpc) is 2.79. The van der Waals surface area contributed by atoms with Crippen LogP contribution in [-0.2, 0) is 0 Å². The average molecular weight is 249 g/mol. The smallest absolute Gasteiger partial charge is 0.125 e. The van der Waals surface area contributed by atoms with Gasteiger partial charge in [-0.05, 0) is 21.7 Å². The van der Waals surface area contributed by atoms with Crippen molar-refractivity contribution >= 4 is 27.2 Å². The third kappa shape index (κ3) is 1.37. The predicted molar refractivity (Wildman–Crippen MR) is 80.0 cm³/mol. The minimum absolute atomic E-state index is 0.362. The number of phenols is 1. The zero-order chi connectivity index (χ0) is 13.0. The Balaban J connectivity index is 2.29. The Hall–Kier alpha value is -2.22. The number of phenolic OH excluding ortho intramolecular Hbond substituents is 1. The van der Waals surface area contributed by atoms with Crippen molar-refractivity contribution in [1.29, 1.82) is 0 Å². The van der Waals surface area contributed by atoms with Crippen LogP contribution in [0.2, 0.25) is 0 Å². The van der Waals surface area contributed by atoms with Gasteiger partial charge in [-0.1, -0.05) is 43.3 Å². The lowest BCUT2D eigenvalue weighted by molar-refractivity contribution is 0.482. The Kier molecular flexibility index (Phi) is 2.05. The number of rotatable bonds is 0. The van der Waals surface area contributed by atoms with E-state index in [4.69, 9.17) is 0 Å². The first-order valence-electron chi connectivity index (χ1n) is 6.67. The number of benzene rings is 3. The zero-order valence-corrected chi connectivity index (χ0v) is 10.8. The Morgan fingerprint density at radius 3 is 2.84 bits per heavy atom. The molecule has 94 valence electrons. The van der Waals surface area contributed by atoms with E-state index in [1.54, 1.807) is 0 Å². The van der Waals surface area contributed by atoms with Gasteiger partial charge in [0.1, 0.15) is 5.75 Å². The normalized spacial score (nSPS) is 17.6. The summed E-state index contributed by atoms with van der Waals surface area (Å²) in [7, 11) is 0. The van der Waals surface area contributed by atoms with Crippen molar-refractivity contribution < 1.29 is 5.11 Å². The van der Waals surface area contributed by atoms with Gasteiger partial charge in [-0.2, -0.15) is 0 Å². The van der Waals surface area contributed by atoms with Gasteiger partial charge >= 0.3 is 0 Å². The van der Waals surface area contributed by atoms with Gasteiger partial charge in [0.15, 0.2) is 0 Å². The second-order valence-corrected chi connectivity index (χ2v) is 5.35. The van der Waals surface area contributed by atoms with E-state index in [0.717, 1.165) is 17.6 Å². The highest BCUT2D eigenvalue weighted by atomic mass is 16.3. The molecule has 0 spiro atoms. The van der Waals surface area contributed by atoms with Crippen LogP contribution in [0, 0.1) is 0 Å². The Bertz CT molecular complexity index is 807. The van der Waals surface area contributed by atoms with Crippen molar-refractivity contribution in [3.63, 3.8) is 0 Å². The standard InChI is InChI=1S/C17H15NO/c1-10-9-18-14-8-15(19)13-7-6-11-4-2-3-5-12(11)17(13)16(10)14/h2-8,10,18-19H,9H2,1H3. The molecule has 0 amide bonds. The topological polar surface area (TPSA) is 32.3 Å². The lowest BCUT2D eigenvalue weighted by Crippen LogP contribution is -1.96. The van der Waals surface area contributed by atoms with E-state index in [1.165, 1.54) is 21.7 Å². The van der Waals surface area contributed by atoms with Gasteiger partial charge in [0.25, 0.3) is 0 Å². The van der Waals surface area contributed by atoms with Crippen LogP contribution in [0.5, 0.6) is 5.75 Å². The maximum Gasteiger partial charge on any atom is 0.125 e. The summed E-state index contributed by atoms with van der Waals surface area (Å²) in [5.41, 5.74) is 2.42. The van der Waals surface area contributed by atoms with Crippen molar-refractivity contribution in [3.8, 4) is 5.75 Å². The summed E-state index contributed by atoms with van der Waals surface area (Å²) >= 11 is 0. The van der Waals surface area contributed by atoms with E-state index in [2.05, 4.69) is 42.6 Å². The van der Waals surface area contributed by atoms with E-state index in [1.807, 2.05) is 12.1 Å². The van der Waals surface area contributed by atoms with Gasteiger partial charge in [-0.15, -0.1) is 0 Å². The number of nitrogens with one attached hydrogen (secondary N) is 1. The fraction of sp³-hybridized carbons (Fsp3) is 0.176. The van der Waals surface area contributed by atoms with Crippen LogP contribution < -0.4 is 5.32 Å². The first kappa shape index (κ1) is 10.7. The van der Waals surface area contributed by atoms with Crippen LogP contribution in [0.1, 0.15) is 18.4 Å². The van der Waals surface area contributed by atoms with Crippen LogP contribution in [0.15, 0.2) is 42.5 Å². The van der Waals surface area contributed by atoms with Gasteiger partial charge in [-0.3, -0.25) is 0 Å². The molecular formula is C17H15NO. The van der Waals surface area contributed by atoms with E-state index in [9.17, 15) is 5.11 Å². The number of fused-ring (bicyclic) bond motifs is 5. The molecule has 0 saturated heterocycles. The van der Waals surface area contributed by atoms with E-state index < -0.39 is 0 Å². The van der Waals surface area contributed by atoms with Crippen LogP contribution in [0.25, 0.3) is 21.5 Å². The maximum atomic E-state index is 10.2. The Labute approximate surface area is 111 Å². The molecule has 1 unspecified atom stereocenters. The van der Waals surface area contributed by atoms with E-state index >= 15 is 0 Å². The molecule has 1 aliphatic rings. The molecule has 2 N–H and O–H groups in total. The summed E-state index contributed by atoms with van der Waals surface area (Å²) in [6, 6.07) is 14.3. The minimum atomic E-state index is 0.362. The molecule has 0 aliphatic carbocycles. The molecule has 1 aliphatic heterocycles. The summed E-state index contributed by atoms with van der Waals surface area (Å²) in [6.45, 7) is 3.17. The third-order valence-corrected chi connectivity index (χ3v) is 4.14. The molecule has 3 aromatic carbocycles. The minimum Gasteiger partial charge on any atom is -0.507 e. The molecule has 1 heterocycles. The summed E-state index contributed by atoms with van der Waals surface area (Å²) in [5.74, 6) is 0.838. The molecule has 0 saturated carbocycles. The highest BCUT2D eigenvalue weighted by Gasteiger charge is 2.23. The van der Waals surface area contributed by atoms with Gasteiger partial charge in [0.05, 0.1) is 0 Å². The second kappa shape index (κ2) is 3.64. The fourth-order valence-corrected chi connectivity index (χ4v) is 3.23. The van der Waals surface area contributed by atoms with Crippen molar-refractivity contribution in [2.75, 3.05) is 11.9 Å². The largest absolute Gasteiger partial charge is 0.507 e. The summed E-state index contributed by atoms with van der Waals surface area (Å²) in [4.78, 5) is 0. The monoisotopic (exact) mass is 249 g/mol. The molecule has 0 fully saturated rings. The van der Waals surface area contributed by atoms with E-state index in [-0.39, 0.29) is 0 Å². The zero-order valence-electron chi connectivity index (χ0n) is 10.8. The van der Waals surface area contributed by atoms with Gasteiger partial charge in [0.2, 0.25) is 0 Å². The number of hydrogen-bond acceptors (Lipinski definition) is 2. The van der Waals surface area contributed by atoms with Crippen molar-refractivity contribution in [2.45, 2.75) is 12.8 Å². The molecular weight excluding hydrogens is 234 g/mol. The predicted octanol–water partition coefficient (Wildman–Crippen LogP) is 4.23. The SMILES string of the molecule is CC1CNc2cc(O)c3ccc4ccccc4c3c21. The maximum absolute atomic E-state index is 10.2. The Morgan fingerprint density at radius 2 is 1.95 bits per heavy atom. The highest BCUT2D eigenvalue weighted by Crippen LogP contribution is 2.44. The molecule has 2 heteroatoms. The van der Waals surface area contributed by atoms with Crippen molar-refractivity contribution in [2.24, 2.45) is 0 Å². The molecule has 4 rings (SSSR count). The Morgan fingerprint density at radius 1 is 1.11 bits per heavy atom. The molecule has 1 atom stereocenters. The van der Waals surface area contributed by atoms with Crippen LogP contribution >= 0.6 is 0 Å². The third-order valence-electron chi connectivity index (χ3n) is 4.14. The molecule has 0 aromatic heterocycles. The van der Waals surface area contributed by atoms with Gasteiger partial charge in [-0.25, -0.2) is 0 Å². The molecule has 2 nitrogen and oxygen atoms in total. The molecule has 0 radical (unpaired) electrons. The van der Waals surface area contributed by atoms with Gasteiger partial charge in [0, 0.05) is 29.6 Å². The summed E-state index contributed by atoms with van der Waals surface area (Å²) < 4.78 is 0. The van der Waals surface area contributed by atoms with Crippen molar-refractivity contribution in [3.05, 3.63) is 48.0 Å². The number of aromatic hydroxyl groups is 1. The van der Waals surface area contributed by atoms with Gasteiger partial charge < -0.3 is 10.4 Å². The summed E-state index contributed by atoms with van der Waals surface area (Å²) in [6.07, 6.45) is 0. The van der Waals surface area contributed by atoms with Crippen LogP contribution in [0.3, 0.4) is 0 Å². The first-order chi connectivity index (χ1) is 9.25. The molecule has 19 heavy (non-hydrogen) atoms. The second-order valence-electron chi connectivity index (χ2n) is 5.35. The first-order valence-corrected chi connectivity index (χ1v) is 6.67. The van der Waals surface area contributed by atoms with E-state index in [0.29, 0.717) is 11.7 Å². The lowest BCUT2D eigenvalue weighted by Gasteiger charge is -2.13.